The number of furan rings is 1. The molecule has 0 bridgehead atoms. The third-order valence-corrected chi connectivity index (χ3v) is 3.95. The van der Waals surface area contributed by atoms with E-state index in [9.17, 15) is 0 Å². The number of hydrogen-bond donors (Lipinski definition) is 1. The van der Waals surface area contributed by atoms with Crippen LogP contribution >= 0.6 is 27.3 Å². The molecule has 0 saturated heterocycles. The van der Waals surface area contributed by atoms with Crippen LogP contribution in [0.1, 0.15) is 5.76 Å². The zero-order valence-corrected chi connectivity index (χ0v) is 12.7. The van der Waals surface area contributed by atoms with Gasteiger partial charge >= 0.3 is 0 Å². The Labute approximate surface area is 127 Å². The third-order valence-electron chi connectivity index (χ3n) is 2.69. The molecule has 3 aromatic rings. The molecule has 4 nitrogen and oxygen atoms in total. The van der Waals surface area contributed by atoms with Crippen molar-refractivity contribution in [3.8, 4) is 11.3 Å². The molecule has 0 aliphatic carbocycles. The van der Waals surface area contributed by atoms with E-state index in [1.54, 1.807) is 23.2 Å². The lowest BCUT2D eigenvalue weighted by Gasteiger charge is -2.02. The van der Waals surface area contributed by atoms with Crippen LogP contribution in [0.15, 0.2) is 62.0 Å². The van der Waals surface area contributed by atoms with Gasteiger partial charge in [0.1, 0.15) is 5.76 Å². The third kappa shape index (κ3) is 2.66. The zero-order valence-electron chi connectivity index (χ0n) is 10.3. The highest BCUT2D eigenvalue weighted by molar-refractivity contribution is 9.10. The summed E-state index contributed by atoms with van der Waals surface area (Å²) in [5, 5.41) is 14.2. The SMILES string of the molecule is N=c1scc(-c2ccc(Br)cc2)n1/N=C/c1ccco1. The molecule has 2 heterocycles. The van der Waals surface area contributed by atoms with E-state index < -0.39 is 0 Å². The van der Waals surface area contributed by atoms with E-state index in [-0.39, 0.29) is 0 Å². The summed E-state index contributed by atoms with van der Waals surface area (Å²) in [5.74, 6) is 0.657. The van der Waals surface area contributed by atoms with Crippen LogP contribution in [0, 0.1) is 5.41 Å². The molecule has 0 radical (unpaired) electrons. The Kier molecular flexibility index (Phi) is 3.66. The number of benzene rings is 1. The predicted molar refractivity (Wildman–Crippen MR) is 83.0 cm³/mol. The number of rotatable bonds is 3. The molecule has 6 heteroatoms. The number of halogens is 1. The number of hydrogen-bond acceptors (Lipinski definition) is 4. The molecule has 0 spiro atoms. The molecule has 1 N–H and O–H groups in total. The van der Waals surface area contributed by atoms with Crippen LogP contribution in [0.25, 0.3) is 11.3 Å². The minimum absolute atomic E-state index is 0.366. The largest absolute Gasteiger partial charge is 0.463 e. The molecule has 100 valence electrons. The van der Waals surface area contributed by atoms with Gasteiger partial charge in [0.2, 0.25) is 4.80 Å². The maximum atomic E-state index is 7.94. The van der Waals surface area contributed by atoms with E-state index in [2.05, 4.69) is 21.0 Å². The average molecular weight is 348 g/mol. The van der Waals surface area contributed by atoms with Gasteiger partial charge in [-0.2, -0.15) is 5.10 Å². The molecular weight excluding hydrogens is 338 g/mol. The van der Waals surface area contributed by atoms with Gasteiger partial charge in [0.05, 0.1) is 18.2 Å². The van der Waals surface area contributed by atoms with E-state index in [1.165, 1.54) is 11.3 Å². The maximum absolute atomic E-state index is 7.94. The highest BCUT2D eigenvalue weighted by atomic mass is 79.9. The fraction of sp³-hybridized carbons (Fsp3) is 0. The minimum atomic E-state index is 0.366. The predicted octanol–water partition coefficient (Wildman–Crippen LogP) is 3.93. The lowest BCUT2D eigenvalue weighted by atomic mass is 10.2. The van der Waals surface area contributed by atoms with Crippen molar-refractivity contribution in [2.24, 2.45) is 5.10 Å². The van der Waals surface area contributed by atoms with Crippen molar-refractivity contribution >= 4 is 33.5 Å². The van der Waals surface area contributed by atoms with Crippen LogP contribution in [-0.4, -0.2) is 10.9 Å². The van der Waals surface area contributed by atoms with E-state index >= 15 is 0 Å². The summed E-state index contributed by atoms with van der Waals surface area (Å²) in [5.41, 5.74) is 1.90. The maximum Gasteiger partial charge on any atom is 0.203 e. The van der Waals surface area contributed by atoms with E-state index in [0.29, 0.717) is 10.6 Å². The highest BCUT2D eigenvalue weighted by Crippen LogP contribution is 2.22. The first-order valence-electron chi connectivity index (χ1n) is 5.83. The Morgan fingerprint density at radius 1 is 1.25 bits per heavy atom. The van der Waals surface area contributed by atoms with Gasteiger partial charge < -0.3 is 4.42 Å². The van der Waals surface area contributed by atoms with Gasteiger partial charge in [-0.1, -0.05) is 28.1 Å². The molecular formula is C14H10BrN3OS. The molecule has 0 amide bonds. The molecule has 0 aliphatic heterocycles. The van der Waals surface area contributed by atoms with Crippen LogP contribution in [-0.2, 0) is 0 Å². The summed E-state index contributed by atoms with van der Waals surface area (Å²) < 4.78 is 7.82. The van der Waals surface area contributed by atoms with Crippen molar-refractivity contribution in [2.45, 2.75) is 0 Å². The van der Waals surface area contributed by atoms with Gasteiger partial charge in [-0.25, -0.2) is 4.68 Å². The van der Waals surface area contributed by atoms with Gasteiger partial charge in [0.15, 0.2) is 0 Å². The van der Waals surface area contributed by atoms with Gasteiger partial charge in [-0.15, -0.1) is 11.3 Å². The van der Waals surface area contributed by atoms with Gasteiger partial charge in [0, 0.05) is 15.4 Å². The standard InChI is InChI=1S/C14H10BrN3OS/c15-11-5-3-10(4-6-11)13-9-20-14(16)18(13)17-8-12-2-1-7-19-12/h1-9,16H/b16-14?,17-8+. The lowest BCUT2D eigenvalue weighted by Crippen LogP contribution is -2.09. The molecule has 2 aromatic heterocycles. The lowest BCUT2D eigenvalue weighted by molar-refractivity contribution is 0.559. The molecule has 3 rings (SSSR count). The first kappa shape index (κ1) is 13.1. The summed E-state index contributed by atoms with van der Waals surface area (Å²) in [6.45, 7) is 0. The second kappa shape index (κ2) is 5.60. The summed E-state index contributed by atoms with van der Waals surface area (Å²) >= 11 is 4.76. The van der Waals surface area contributed by atoms with Gasteiger partial charge in [-0.05, 0) is 24.3 Å². The molecule has 20 heavy (non-hydrogen) atoms. The van der Waals surface area contributed by atoms with Crippen molar-refractivity contribution in [3.05, 3.63) is 63.1 Å². The molecule has 0 aliphatic rings. The van der Waals surface area contributed by atoms with E-state index in [0.717, 1.165) is 15.7 Å². The molecule has 0 saturated carbocycles. The van der Waals surface area contributed by atoms with E-state index in [1.807, 2.05) is 35.7 Å². The van der Waals surface area contributed by atoms with Crippen LogP contribution in [0.5, 0.6) is 0 Å². The van der Waals surface area contributed by atoms with E-state index in [4.69, 9.17) is 9.83 Å². The molecule has 1 aromatic carbocycles. The van der Waals surface area contributed by atoms with Gasteiger partial charge in [0.25, 0.3) is 0 Å². The number of thiazole rings is 1. The monoisotopic (exact) mass is 347 g/mol. The Morgan fingerprint density at radius 2 is 2.05 bits per heavy atom. The second-order valence-electron chi connectivity index (χ2n) is 4.00. The van der Waals surface area contributed by atoms with Crippen molar-refractivity contribution in [2.75, 3.05) is 0 Å². The first-order valence-corrected chi connectivity index (χ1v) is 7.50. The normalized spacial score (nSPS) is 11.2. The average Bonchev–Trinajstić information content (AvgIpc) is 3.07. The number of nitrogens with zero attached hydrogens (tertiary/aromatic N) is 2. The molecule has 0 atom stereocenters. The highest BCUT2D eigenvalue weighted by Gasteiger charge is 2.06. The quantitative estimate of drug-likeness (QED) is 0.717. The smallest absolute Gasteiger partial charge is 0.203 e. The molecule has 0 fully saturated rings. The van der Waals surface area contributed by atoms with Crippen LogP contribution in [0.4, 0.5) is 0 Å². The van der Waals surface area contributed by atoms with Gasteiger partial charge in [-0.3, -0.25) is 5.41 Å². The zero-order chi connectivity index (χ0) is 13.9. The fourth-order valence-corrected chi connectivity index (χ4v) is 2.69. The van der Waals surface area contributed by atoms with Crippen LogP contribution in [0.3, 0.4) is 0 Å². The summed E-state index contributed by atoms with van der Waals surface area (Å²) in [6, 6.07) is 11.5. The first-order chi connectivity index (χ1) is 9.74. The summed E-state index contributed by atoms with van der Waals surface area (Å²) in [4.78, 5) is 0.366. The summed E-state index contributed by atoms with van der Waals surface area (Å²) in [6.07, 6.45) is 3.20. The Bertz CT molecular complexity index is 785. The van der Waals surface area contributed by atoms with Crippen molar-refractivity contribution in [1.82, 2.24) is 4.68 Å². The number of aromatic nitrogens is 1. The van der Waals surface area contributed by atoms with Crippen LogP contribution in [0.2, 0.25) is 0 Å². The van der Waals surface area contributed by atoms with Crippen molar-refractivity contribution < 1.29 is 4.42 Å². The fourth-order valence-electron chi connectivity index (χ4n) is 1.73. The van der Waals surface area contributed by atoms with Crippen molar-refractivity contribution in [3.63, 3.8) is 0 Å². The molecule has 0 unspecified atom stereocenters. The summed E-state index contributed by atoms with van der Waals surface area (Å²) in [7, 11) is 0. The topological polar surface area (TPSA) is 54.3 Å². The second-order valence-corrected chi connectivity index (χ2v) is 5.78. The van der Waals surface area contributed by atoms with Crippen LogP contribution < -0.4 is 4.80 Å². The van der Waals surface area contributed by atoms with Crippen molar-refractivity contribution in [1.29, 1.82) is 5.41 Å². The Hall–Kier alpha value is -1.92. The Balaban J connectivity index is 2.01. The minimum Gasteiger partial charge on any atom is -0.463 e. The Morgan fingerprint density at radius 3 is 2.75 bits per heavy atom. The number of nitrogens with one attached hydrogen (secondary N) is 1.